The molecule has 1 fully saturated rings. The Balaban J connectivity index is 2.08. The number of nitrogens with zero attached hydrogens (tertiary/aromatic N) is 2. The van der Waals surface area contributed by atoms with Crippen LogP contribution in [0.1, 0.15) is 40.4 Å². The largest absolute Gasteiger partial charge is 0.465 e. The molecule has 1 aromatic heterocycles. The maximum Gasteiger partial charge on any atom is 0.337 e. The average Bonchev–Trinajstić information content (AvgIpc) is 3.33. The van der Waals surface area contributed by atoms with Crippen LogP contribution in [0, 0.1) is 0 Å². The third kappa shape index (κ3) is 3.05. The molecule has 0 saturated heterocycles. The lowest BCUT2D eigenvalue weighted by Gasteiger charge is -2.11. The summed E-state index contributed by atoms with van der Waals surface area (Å²) < 4.78 is 13.1. The summed E-state index contributed by atoms with van der Waals surface area (Å²) in [5.41, 5.74) is 3.63. The lowest BCUT2D eigenvalue weighted by atomic mass is 10.0. The number of carbonyl (C=O) groups excluding carboxylic acids is 1. The second-order valence-corrected chi connectivity index (χ2v) is 6.49. The van der Waals surface area contributed by atoms with E-state index in [1.54, 1.807) is 13.2 Å². The molecule has 0 spiro atoms. The highest BCUT2D eigenvalue weighted by atomic mass is 79.9. The van der Waals surface area contributed by atoms with Gasteiger partial charge in [-0.2, -0.15) is 0 Å². The van der Waals surface area contributed by atoms with Gasteiger partial charge in [0.2, 0.25) is 0 Å². The zero-order chi connectivity index (χ0) is 16.6. The molecule has 1 aliphatic rings. The van der Waals surface area contributed by atoms with E-state index in [9.17, 15) is 4.79 Å². The van der Waals surface area contributed by atoms with Crippen LogP contribution in [0.2, 0.25) is 0 Å². The Kier molecular flexibility index (Phi) is 4.55. The van der Waals surface area contributed by atoms with Gasteiger partial charge >= 0.3 is 5.97 Å². The first-order valence-electron chi connectivity index (χ1n) is 7.49. The maximum absolute atomic E-state index is 11.7. The standard InChI is InChI=1S/C17H19BrN2O3/c1-20-14(10-4-5-10)15(18)19-16(20)13-7-6-11(17(21)23-3)8-12(13)9-22-2/h6-8,10H,4-5,9H2,1-3H3. The number of imidazole rings is 1. The molecule has 0 unspecified atom stereocenters. The van der Waals surface area contributed by atoms with Crippen molar-refractivity contribution in [3.63, 3.8) is 0 Å². The molecule has 1 aromatic carbocycles. The number of carbonyl (C=O) groups is 1. The van der Waals surface area contributed by atoms with Crippen LogP contribution in [-0.4, -0.2) is 29.7 Å². The van der Waals surface area contributed by atoms with Gasteiger partial charge < -0.3 is 14.0 Å². The van der Waals surface area contributed by atoms with Crippen molar-refractivity contribution in [3.8, 4) is 11.4 Å². The molecule has 0 radical (unpaired) electrons. The molecule has 0 atom stereocenters. The lowest BCUT2D eigenvalue weighted by molar-refractivity contribution is 0.0600. The highest BCUT2D eigenvalue weighted by molar-refractivity contribution is 9.10. The van der Waals surface area contributed by atoms with E-state index in [0.717, 1.165) is 21.6 Å². The van der Waals surface area contributed by atoms with Crippen LogP contribution in [0.5, 0.6) is 0 Å². The van der Waals surface area contributed by atoms with Crippen molar-refractivity contribution in [2.45, 2.75) is 25.4 Å². The minimum atomic E-state index is -0.353. The van der Waals surface area contributed by atoms with Gasteiger partial charge in [-0.25, -0.2) is 9.78 Å². The summed E-state index contributed by atoms with van der Waals surface area (Å²) in [6.07, 6.45) is 2.42. The summed E-state index contributed by atoms with van der Waals surface area (Å²) in [7, 11) is 5.05. The highest BCUT2D eigenvalue weighted by Crippen LogP contribution is 2.44. The summed E-state index contributed by atoms with van der Waals surface area (Å²) >= 11 is 3.58. The fourth-order valence-corrected chi connectivity index (χ4v) is 3.61. The molecule has 3 rings (SSSR count). The molecule has 0 bridgehead atoms. The minimum Gasteiger partial charge on any atom is -0.465 e. The molecule has 122 valence electrons. The quantitative estimate of drug-likeness (QED) is 0.744. The van der Waals surface area contributed by atoms with Gasteiger partial charge in [0.1, 0.15) is 10.4 Å². The number of ether oxygens (including phenoxy) is 2. The minimum absolute atomic E-state index is 0.353. The number of aromatic nitrogens is 2. The van der Waals surface area contributed by atoms with Gasteiger partial charge in [-0.3, -0.25) is 0 Å². The van der Waals surface area contributed by atoms with Crippen LogP contribution in [0.25, 0.3) is 11.4 Å². The topological polar surface area (TPSA) is 53.4 Å². The van der Waals surface area contributed by atoms with E-state index < -0.39 is 0 Å². The van der Waals surface area contributed by atoms with E-state index in [1.807, 2.05) is 19.2 Å². The van der Waals surface area contributed by atoms with Gasteiger partial charge in [0.25, 0.3) is 0 Å². The molecule has 6 heteroatoms. The normalized spacial score (nSPS) is 14.1. The Bertz CT molecular complexity index is 751. The van der Waals surface area contributed by atoms with Crippen molar-refractivity contribution in [1.82, 2.24) is 9.55 Å². The van der Waals surface area contributed by atoms with Crippen molar-refractivity contribution < 1.29 is 14.3 Å². The third-order valence-electron chi connectivity index (χ3n) is 4.13. The summed E-state index contributed by atoms with van der Waals surface area (Å²) in [5, 5.41) is 0. The van der Waals surface area contributed by atoms with Gasteiger partial charge in [-0.1, -0.05) is 6.07 Å². The van der Waals surface area contributed by atoms with Crippen LogP contribution >= 0.6 is 15.9 Å². The van der Waals surface area contributed by atoms with Gasteiger partial charge in [0.15, 0.2) is 0 Å². The third-order valence-corrected chi connectivity index (χ3v) is 4.71. The first kappa shape index (κ1) is 16.2. The molecule has 0 N–H and O–H groups in total. The van der Waals surface area contributed by atoms with E-state index in [1.165, 1.54) is 25.6 Å². The maximum atomic E-state index is 11.7. The summed E-state index contributed by atoms with van der Waals surface area (Å²) in [4.78, 5) is 16.4. The number of benzene rings is 1. The lowest BCUT2D eigenvalue weighted by Crippen LogP contribution is -2.05. The van der Waals surface area contributed by atoms with Crippen molar-refractivity contribution in [3.05, 3.63) is 39.6 Å². The fourth-order valence-electron chi connectivity index (χ4n) is 2.85. The second kappa shape index (κ2) is 6.45. The van der Waals surface area contributed by atoms with E-state index in [-0.39, 0.29) is 5.97 Å². The molecule has 0 amide bonds. The molecule has 5 nitrogen and oxygen atoms in total. The summed E-state index contributed by atoms with van der Waals surface area (Å²) in [5.74, 6) is 1.12. The Morgan fingerprint density at radius 3 is 2.74 bits per heavy atom. The summed E-state index contributed by atoms with van der Waals surface area (Å²) in [6.45, 7) is 0.406. The predicted octanol–water partition coefficient (Wildman–Crippen LogP) is 3.66. The smallest absolute Gasteiger partial charge is 0.337 e. The van der Waals surface area contributed by atoms with Gasteiger partial charge in [0, 0.05) is 25.6 Å². The molecule has 1 heterocycles. The Hall–Kier alpha value is -1.66. The Morgan fingerprint density at radius 2 is 2.13 bits per heavy atom. The zero-order valence-electron chi connectivity index (χ0n) is 13.4. The Morgan fingerprint density at radius 1 is 1.39 bits per heavy atom. The number of rotatable bonds is 5. The van der Waals surface area contributed by atoms with Crippen LogP contribution in [-0.2, 0) is 23.1 Å². The predicted molar refractivity (Wildman–Crippen MR) is 90.4 cm³/mol. The van der Waals surface area contributed by atoms with Crippen molar-refractivity contribution in [2.75, 3.05) is 14.2 Å². The SMILES string of the molecule is COCc1cc(C(=O)OC)ccc1-c1nc(Br)c(C2CC2)n1C. The molecular weight excluding hydrogens is 360 g/mol. The van der Waals surface area contributed by atoms with Crippen LogP contribution in [0.4, 0.5) is 0 Å². The second-order valence-electron chi connectivity index (χ2n) is 5.74. The van der Waals surface area contributed by atoms with E-state index in [2.05, 4.69) is 25.5 Å². The molecular formula is C17H19BrN2O3. The van der Waals surface area contributed by atoms with E-state index in [4.69, 9.17) is 9.47 Å². The van der Waals surface area contributed by atoms with Crippen LogP contribution in [0.3, 0.4) is 0 Å². The first-order chi connectivity index (χ1) is 11.1. The monoisotopic (exact) mass is 378 g/mol. The van der Waals surface area contributed by atoms with E-state index >= 15 is 0 Å². The zero-order valence-corrected chi connectivity index (χ0v) is 15.0. The number of methoxy groups -OCH3 is 2. The molecule has 0 aliphatic heterocycles. The van der Waals surface area contributed by atoms with Gasteiger partial charge in [-0.15, -0.1) is 0 Å². The summed E-state index contributed by atoms with van der Waals surface area (Å²) in [6, 6.07) is 5.48. The molecule has 23 heavy (non-hydrogen) atoms. The van der Waals surface area contributed by atoms with Crippen LogP contribution in [0.15, 0.2) is 22.8 Å². The van der Waals surface area contributed by atoms with E-state index in [0.29, 0.717) is 18.1 Å². The molecule has 1 aliphatic carbocycles. The molecule has 1 saturated carbocycles. The highest BCUT2D eigenvalue weighted by Gasteiger charge is 2.31. The fraction of sp³-hybridized carbons (Fsp3) is 0.412. The number of hydrogen-bond acceptors (Lipinski definition) is 4. The average molecular weight is 379 g/mol. The first-order valence-corrected chi connectivity index (χ1v) is 8.28. The van der Waals surface area contributed by atoms with Gasteiger partial charge in [0.05, 0.1) is 25.0 Å². The molecule has 2 aromatic rings. The van der Waals surface area contributed by atoms with Crippen LogP contribution < -0.4 is 0 Å². The van der Waals surface area contributed by atoms with Crippen molar-refractivity contribution in [1.29, 1.82) is 0 Å². The number of halogens is 1. The Labute approximate surface area is 143 Å². The number of esters is 1. The number of hydrogen-bond donors (Lipinski definition) is 0. The van der Waals surface area contributed by atoms with Crippen molar-refractivity contribution in [2.24, 2.45) is 7.05 Å². The van der Waals surface area contributed by atoms with Crippen molar-refractivity contribution >= 4 is 21.9 Å². The van der Waals surface area contributed by atoms with Gasteiger partial charge in [-0.05, 0) is 46.5 Å².